The van der Waals surface area contributed by atoms with Crippen molar-refractivity contribution in [1.29, 1.82) is 0 Å². The van der Waals surface area contributed by atoms with Crippen molar-refractivity contribution in [2.45, 2.75) is 19.4 Å². The Balaban J connectivity index is 1.91. The normalized spacial score (nSPS) is 22.0. The molecule has 1 aliphatic heterocycles. The molecule has 0 radical (unpaired) electrons. The number of anilines is 1. The SMILES string of the molecule is COc1cccc(NC(=O)CN2CCC(C(=O)O)C2C)c1. The van der Waals surface area contributed by atoms with Gasteiger partial charge in [0.1, 0.15) is 5.75 Å². The predicted octanol–water partition coefficient (Wildman–Crippen LogP) is 1.43. The third-order valence-electron chi connectivity index (χ3n) is 3.90. The van der Waals surface area contributed by atoms with Gasteiger partial charge in [-0.3, -0.25) is 14.5 Å². The number of carbonyl (C=O) groups is 2. The molecular formula is C15H20N2O4. The molecule has 6 nitrogen and oxygen atoms in total. The quantitative estimate of drug-likeness (QED) is 0.858. The van der Waals surface area contributed by atoms with Crippen LogP contribution < -0.4 is 10.1 Å². The van der Waals surface area contributed by atoms with Gasteiger partial charge >= 0.3 is 5.97 Å². The lowest BCUT2D eigenvalue weighted by molar-refractivity contribution is -0.142. The first kappa shape index (κ1) is 15.3. The van der Waals surface area contributed by atoms with Gasteiger partial charge in [-0.15, -0.1) is 0 Å². The number of benzene rings is 1. The largest absolute Gasteiger partial charge is 0.497 e. The van der Waals surface area contributed by atoms with Crippen LogP contribution in [0.15, 0.2) is 24.3 Å². The van der Waals surface area contributed by atoms with Gasteiger partial charge in [0.25, 0.3) is 0 Å². The number of likely N-dealkylation sites (tertiary alicyclic amines) is 1. The number of carboxylic acid groups (broad SMARTS) is 1. The van der Waals surface area contributed by atoms with E-state index in [1.807, 2.05) is 11.8 Å². The minimum atomic E-state index is -0.793. The molecule has 1 aliphatic rings. The molecule has 1 aromatic carbocycles. The zero-order chi connectivity index (χ0) is 15.4. The predicted molar refractivity (Wildman–Crippen MR) is 78.4 cm³/mol. The van der Waals surface area contributed by atoms with Crippen LogP contribution in [0.1, 0.15) is 13.3 Å². The topological polar surface area (TPSA) is 78.9 Å². The highest BCUT2D eigenvalue weighted by Crippen LogP contribution is 2.24. The zero-order valence-electron chi connectivity index (χ0n) is 12.2. The van der Waals surface area contributed by atoms with Crippen LogP contribution in [-0.4, -0.2) is 48.1 Å². The second-order valence-electron chi connectivity index (χ2n) is 5.22. The van der Waals surface area contributed by atoms with Gasteiger partial charge < -0.3 is 15.2 Å². The lowest BCUT2D eigenvalue weighted by Crippen LogP contribution is -2.38. The van der Waals surface area contributed by atoms with E-state index in [4.69, 9.17) is 9.84 Å². The van der Waals surface area contributed by atoms with Gasteiger partial charge in [0.05, 0.1) is 19.6 Å². The molecule has 1 aromatic rings. The Labute approximate surface area is 123 Å². The fraction of sp³-hybridized carbons (Fsp3) is 0.467. The molecule has 1 fully saturated rings. The number of hydrogen-bond acceptors (Lipinski definition) is 4. The molecule has 1 amide bonds. The van der Waals surface area contributed by atoms with Gasteiger partial charge in [0.15, 0.2) is 0 Å². The number of nitrogens with zero attached hydrogens (tertiary/aromatic N) is 1. The van der Waals surface area contributed by atoms with Crippen molar-refractivity contribution < 1.29 is 19.4 Å². The molecule has 1 saturated heterocycles. The van der Waals surface area contributed by atoms with Gasteiger partial charge in [0.2, 0.25) is 5.91 Å². The smallest absolute Gasteiger partial charge is 0.308 e. The van der Waals surface area contributed by atoms with E-state index in [9.17, 15) is 9.59 Å². The number of rotatable bonds is 5. The Morgan fingerprint density at radius 1 is 1.48 bits per heavy atom. The van der Waals surface area contributed by atoms with Crippen LogP contribution >= 0.6 is 0 Å². The van der Waals surface area contributed by atoms with E-state index in [-0.39, 0.29) is 18.5 Å². The first-order chi connectivity index (χ1) is 10.0. The van der Waals surface area contributed by atoms with Crippen molar-refractivity contribution in [2.24, 2.45) is 5.92 Å². The molecule has 0 aromatic heterocycles. The molecule has 21 heavy (non-hydrogen) atoms. The summed E-state index contributed by atoms with van der Waals surface area (Å²) in [6, 6.07) is 7.00. The van der Waals surface area contributed by atoms with Crippen molar-refractivity contribution in [1.82, 2.24) is 4.90 Å². The Morgan fingerprint density at radius 3 is 2.86 bits per heavy atom. The van der Waals surface area contributed by atoms with Crippen LogP contribution in [-0.2, 0) is 9.59 Å². The first-order valence-electron chi connectivity index (χ1n) is 6.92. The van der Waals surface area contributed by atoms with Crippen LogP contribution in [0, 0.1) is 5.92 Å². The monoisotopic (exact) mass is 292 g/mol. The highest BCUT2D eigenvalue weighted by molar-refractivity contribution is 5.92. The maximum Gasteiger partial charge on any atom is 0.308 e. The highest BCUT2D eigenvalue weighted by Gasteiger charge is 2.36. The molecular weight excluding hydrogens is 272 g/mol. The summed E-state index contributed by atoms with van der Waals surface area (Å²) in [4.78, 5) is 25.0. The van der Waals surface area contributed by atoms with Crippen LogP contribution in [0.25, 0.3) is 0 Å². The van der Waals surface area contributed by atoms with Crippen LogP contribution in [0.2, 0.25) is 0 Å². The molecule has 2 atom stereocenters. The van der Waals surface area contributed by atoms with Crippen molar-refractivity contribution >= 4 is 17.6 Å². The molecule has 114 valence electrons. The van der Waals surface area contributed by atoms with Crippen LogP contribution in [0.3, 0.4) is 0 Å². The molecule has 0 aliphatic carbocycles. The third kappa shape index (κ3) is 3.72. The number of methoxy groups -OCH3 is 1. The van der Waals surface area contributed by atoms with E-state index < -0.39 is 11.9 Å². The van der Waals surface area contributed by atoms with Crippen molar-refractivity contribution in [2.75, 3.05) is 25.5 Å². The van der Waals surface area contributed by atoms with E-state index in [0.717, 1.165) is 0 Å². The Morgan fingerprint density at radius 2 is 2.24 bits per heavy atom. The van der Waals surface area contributed by atoms with E-state index in [0.29, 0.717) is 24.4 Å². The van der Waals surface area contributed by atoms with Crippen LogP contribution in [0.5, 0.6) is 5.75 Å². The summed E-state index contributed by atoms with van der Waals surface area (Å²) in [5.74, 6) is -0.665. The molecule has 2 N–H and O–H groups in total. The zero-order valence-corrected chi connectivity index (χ0v) is 12.2. The van der Waals surface area contributed by atoms with E-state index >= 15 is 0 Å². The molecule has 2 rings (SSSR count). The van der Waals surface area contributed by atoms with Crippen molar-refractivity contribution in [3.63, 3.8) is 0 Å². The summed E-state index contributed by atoms with van der Waals surface area (Å²) < 4.78 is 5.10. The van der Waals surface area contributed by atoms with Crippen molar-refractivity contribution in [3.05, 3.63) is 24.3 Å². The molecule has 0 saturated carbocycles. The second-order valence-corrected chi connectivity index (χ2v) is 5.22. The van der Waals surface area contributed by atoms with E-state index in [1.165, 1.54) is 0 Å². The number of hydrogen-bond donors (Lipinski definition) is 2. The summed E-state index contributed by atoms with van der Waals surface area (Å²) in [5.41, 5.74) is 0.668. The van der Waals surface area contributed by atoms with Gasteiger partial charge in [-0.2, -0.15) is 0 Å². The summed E-state index contributed by atoms with van der Waals surface area (Å²) in [5, 5.41) is 11.9. The standard InChI is InChI=1S/C15H20N2O4/c1-10-13(15(19)20)6-7-17(10)9-14(18)16-11-4-3-5-12(8-11)21-2/h3-5,8,10,13H,6-7,9H2,1-2H3,(H,16,18)(H,19,20). The fourth-order valence-electron chi connectivity index (χ4n) is 2.64. The minimum absolute atomic E-state index is 0.126. The minimum Gasteiger partial charge on any atom is -0.497 e. The molecule has 0 spiro atoms. The van der Waals surface area contributed by atoms with E-state index in [1.54, 1.807) is 31.4 Å². The lowest BCUT2D eigenvalue weighted by Gasteiger charge is -2.22. The third-order valence-corrected chi connectivity index (χ3v) is 3.90. The van der Waals surface area contributed by atoms with Gasteiger partial charge in [-0.1, -0.05) is 6.07 Å². The summed E-state index contributed by atoms with van der Waals surface area (Å²) in [6.45, 7) is 2.68. The highest BCUT2D eigenvalue weighted by atomic mass is 16.5. The maximum absolute atomic E-state index is 12.0. The number of amides is 1. The second kappa shape index (κ2) is 6.58. The Kier molecular flexibility index (Phi) is 4.80. The Hall–Kier alpha value is -2.08. The first-order valence-corrected chi connectivity index (χ1v) is 6.92. The van der Waals surface area contributed by atoms with Gasteiger partial charge in [0, 0.05) is 17.8 Å². The summed E-state index contributed by atoms with van der Waals surface area (Å²) >= 11 is 0. The molecule has 0 bridgehead atoms. The number of carbonyl (C=O) groups excluding carboxylic acids is 1. The number of nitrogens with one attached hydrogen (secondary N) is 1. The molecule has 6 heteroatoms. The number of ether oxygens (including phenoxy) is 1. The van der Waals surface area contributed by atoms with Crippen LogP contribution in [0.4, 0.5) is 5.69 Å². The molecule has 2 unspecified atom stereocenters. The summed E-state index contributed by atoms with van der Waals surface area (Å²) in [7, 11) is 1.57. The van der Waals surface area contributed by atoms with Gasteiger partial charge in [-0.25, -0.2) is 0 Å². The number of carboxylic acids is 1. The lowest BCUT2D eigenvalue weighted by atomic mass is 10.0. The number of aliphatic carboxylic acids is 1. The van der Waals surface area contributed by atoms with E-state index in [2.05, 4.69) is 5.32 Å². The van der Waals surface area contributed by atoms with Gasteiger partial charge in [-0.05, 0) is 32.0 Å². The average molecular weight is 292 g/mol. The van der Waals surface area contributed by atoms with Crippen molar-refractivity contribution in [3.8, 4) is 5.75 Å². The maximum atomic E-state index is 12.0. The fourth-order valence-corrected chi connectivity index (χ4v) is 2.64. The Bertz CT molecular complexity index is 532. The molecule has 1 heterocycles. The summed E-state index contributed by atoms with van der Waals surface area (Å²) in [6.07, 6.45) is 0.586. The average Bonchev–Trinajstić information content (AvgIpc) is 2.80.